The molecule has 0 bridgehead atoms. The van der Waals surface area contributed by atoms with E-state index < -0.39 is 10.8 Å². The number of carbonyl (C=O) groups excluding carboxylic acids is 1. The molecule has 0 aromatic heterocycles. The standard InChI is InChI=1S/C15H13ClO2S/c1-11-5-7-14(8-6-11)19(18)10-15(17)12-3-2-4-13(16)9-12/h2-9H,10H2,1H3. The van der Waals surface area contributed by atoms with Gasteiger partial charge >= 0.3 is 0 Å². The molecule has 0 aliphatic rings. The van der Waals surface area contributed by atoms with Crippen molar-refractivity contribution in [2.75, 3.05) is 5.75 Å². The third-order valence-electron chi connectivity index (χ3n) is 2.69. The molecule has 0 N–H and O–H groups in total. The quantitative estimate of drug-likeness (QED) is 0.806. The predicted octanol–water partition coefficient (Wildman–Crippen LogP) is 3.64. The van der Waals surface area contributed by atoms with Crippen molar-refractivity contribution in [2.45, 2.75) is 11.8 Å². The van der Waals surface area contributed by atoms with Crippen molar-refractivity contribution in [1.29, 1.82) is 0 Å². The lowest BCUT2D eigenvalue weighted by Crippen LogP contribution is -2.11. The molecule has 98 valence electrons. The van der Waals surface area contributed by atoms with Gasteiger partial charge in [-0.1, -0.05) is 41.4 Å². The Balaban J connectivity index is 2.11. The van der Waals surface area contributed by atoms with Gasteiger partial charge in [0.1, 0.15) is 0 Å². The van der Waals surface area contributed by atoms with Gasteiger partial charge in [0, 0.05) is 15.5 Å². The van der Waals surface area contributed by atoms with Gasteiger partial charge < -0.3 is 0 Å². The summed E-state index contributed by atoms with van der Waals surface area (Å²) in [6.07, 6.45) is 0. The van der Waals surface area contributed by atoms with Gasteiger partial charge in [0.25, 0.3) is 0 Å². The molecule has 1 atom stereocenters. The first-order chi connectivity index (χ1) is 9.06. The van der Waals surface area contributed by atoms with Crippen LogP contribution in [0.5, 0.6) is 0 Å². The maximum Gasteiger partial charge on any atom is 0.175 e. The van der Waals surface area contributed by atoms with Crippen LogP contribution in [0, 0.1) is 6.92 Å². The average Bonchev–Trinajstić information content (AvgIpc) is 2.39. The van der Waals surface area contributed by atoms with Crippen molar-refractivity contribution < 1.29 is 9.00 Å². The molecule has 0 fully saturated rings. The molecule has 0 spiro atoms. The highest BCUT2D eigenvalue weighted by Crippen LogP contribution is 2.14. The molecule has 0 radical (unpaired) electrons. The smallest absolute Gasteiger partial charge is 0.175 e. The highest BCUT2D eigenvalue weighted by molar-refractivity contribution is 7.85. The molecule has 2 nitrogen and oxygen atoms in total. The van der Waals surface area contributed by atoms with Gasteiger partial charge in [-0.25, -0.2) is 0 Å². The van der Waals surface area contributed by atoms with Crippen LogP contribution in [0.25, 0.3) is 0 Å². The summed E-state index contributed by atoms with van der Waals surface area (Å²) in [7, 11) is -1.32. The predicted molar refractivity (Wildman–Crippen MR) is 78.2 cm³/mol. The normalized spacial score (nSPS) is 12.1. The minimum absolute atomic E-state index is 0.0244. The Morgan fingerprint density at radius 1 is 1.16 bits per heavy atom. The van der Waals surface area contributed by atoms with E-state index in [2.05, 4.69) is 0 Å². The fraction of sp³-hybridized carbons (Fsp3) is 0.133. The Morgan fingerprint density at radius 3 is 2.47 bits per heavy atom. The van der Waals surface area contributed by atoms with Crippen molar-refractivity contribution in [1.82, 2.24) is 0 Å². The Kier molecular flexibility index (Phi) is 4.51. The van der Waals surface area contributed by atoms with E-state index >= 15 is 0 Å². The summed E-state index contributed by atoms with van der Waals surface area (Å²) in [5, 5.41) is 0.506. The molecule has 2 aromatic carbocycles. The van der Waals surface area contributed by atoms with Crippen LogP contribution in [0.3, 0.4) is 0 Å². The first-order valence-corrected chi connectivity index (χ1v) is 7.50. The number of carbonyl (C=O) groups is 1. The lowest BCUT2D eigenvalue weighted by molar-refractivity contribution is 0.102. The fourth-order valence-corrected chi connectivity index (χ4v) is 2.84. The van der Waals surface area contributed by atoms with Crippen LogP contribution in [0.4, 0.5) is 0 Å². The van der Waals surface area contributed by atoms with Gasteiger partial charge in [-0.05, 0) is 31.2 Å². The highest BCUT2D eigenvalue weighted by atomic mass is 35.5. The summed E-state index contributed by atoms with van der Waals surface area (Å²) in [5.41, 5.74) is 1.59. The number of Topliss-reactive ketones (excluding diaryl/α,β-unsaturated/α-hetero) is 1. The number of hydrogen-bond acceptors (Lipinski definition) is 2. The van der Waals surface area contributed by atoms with E-state index in [0.717, 1.165) is 5.56 Å². The summed E-state index contributed by atoms with van der Waals surface area (Å²) in [5.74, 6) is -0.190. The van der Waals surface area contributed by atoms with E-state index in [-0.39, 0.29) is 11.5 Å². The first-order valence-electron chi connectivity index (χ1n) is 5.80. The number of aryl methyl sites for hydroxylation is 1. The van der Waals surface area contributed by atoms with E-state index in [9.17, 15) is 9.00 Å². The average molecular weight is 293 g/mol. The van der Waals surface area contributed by atoms with Crippen LogP contribution in [-0.2, 0) is 10.8 Å². The zero-order valence-corrected chi connectivity index (χ0v) is 12.0. The number of ketones is 1. The van der Waals surface area contributed by atoms with Crippen LogP contribution >= 0.6 is 11.6 Å². The maximum absolute atomic E-state index is 12.1. The molecule has 0 saturated heterocycles. The second kappa shape index (κ2) is 6.13. The van der Waals surface area contributed by atoms with Crippen molar-refractivity contribution in [3.63, 3.8) is 0 Å². The van der Waals surface area contributed by atoms with Crippen LogP contribution in [-0.4, -0.2) is 15.7 Å². The summed E-state index contributed by atoms with van der Waals surface area (Å²) < 4.78 is 12.1. The van der Waals surface area contributed by atoms with Crippen LogP contribution in [0.15, 0.2) is 53.4 Å². The molecule has 0 amide bonds. The lowest BCUT2D eigenvalue weighted by atomic mass is 10.1. The number of rotatable bonds is 4. The molecule has 2 aromatic rings. The lowest BCUT2D eigenvalue weighted by Gasteiger charge is -2.03. The fourth-order valence-electron chi connectivity index (χ4n) is 1.64. The first kappa shape index (κ1) is 14.0. The molecule has 1 unspecified atom stereocenters. The van der Waals surface area contributed by atoms with E-state index in [0.29, 0.717) is 15.5 Å². The minimum Gasteiger partial charge on any atom is -0.293 e. The molecule has 0 aliphatic heterocycles. The Bertz CT molecular complexity index is 620. The topological polar surface area (TPSA) is 34.1 Å². The summed E-state index contributed by atoms with van der Waals surface area (Å²) in [6, 6.07) is 14.0. The SMILES string of the molecule is Cc1ccc(S(=O)CC(=O)c2cccc(Cl)c2)cc1. The largest absolute Gasteiger partial charge is 0.293 e. The number of hydrogen-bond donors (Lipinski definition) is 0. The molecule has 0 saturated carbocycles. The van der Waals surface area contributed by atoms with Gasteiger partial charge in [-0.3, -0.25) is 9.00 Å². The monoisotopic (exact) mass is 292 g/mol. The molecule has 0 aliphatic carbocycles. The van der Waals surface area contributed by atoms with Crippen LogP contribution in [0.1, 0.15) is 15.9 Å². The van der Waals surface area contributed by atoms with Crippen LogP contribution in [0.2, 0.25) is 5.02 Å². The van der Waals surface area contributed by atoms with Crippen molar-refractivity contribution in [3.05, 3.63) is 64.7 Å². The Morgan fingerprint density at radius 2 is 1.84 bits per heavy atom. The Hall–Kier alpha value is -1.45. The summed E-state index contributed by atoms with van der Waals surface area (Å²) in [6.45, 7) is 1.96. The molecular weight excluding hydrogens is 280 g/mol. The van der Waals surface area contributed by atoms with E-state index in [4.69, 9.17) is 11.6 Å². The van der Waals surface area contributed by atoms with Crippen molar-refractivity contribution >= 4 is 28.2 Å². The summed E-state index contributed by atoms with van der Waals surface area (Å²) in [4.78, 5) is 12.7. The number of benzene rings is 2. The van der Waals surface area contributed by atoms with Gasteiger partial charge in [0.15, 0.2) is 5.78 Å². The second-order valence-electron chi connectivity index (χ2n) is 4.24. The molecular formula is C15H13ClO2S. The molecule has 19 heavy (non-hydrogen) atoms. The van der Waals surface area contributed by atoms with E-state index in [1.54, 1.807) is 36.4 Å². The maximum atomic E-state index is 12.1. The molecule has 4 heteroatoms. The van der Waals surface area contributed by atoms with Crippen molar-refractivity contribution in [3.8, 4) is 0 Å². The number of halogens is 1. The van der Waals surface area contributed by atoms with Gasteiger partial charge in [-0.2, -0.15) is 0 Å². The van der Waals surface area contributed by atoms with Gasteiger partial charge in [-0.15, -0.1) is 0 Å². The summed E-state index contributed by atoms with van der Waals surface area (Å²) >= 11 is 5.83. The second-order valence-corrected chi connectivity index (χ2v) is 6.12. The Labute approximate surface area is 119 Å². The van der Waals surface area contributed by atoms with Crippen molar-refractivity contribution in [2.24, 2.45) is 0 Å². The van der Waals surface area contributed by atoms with E-state index in [1.807, 2.05) is 19.1 Å². The zero-order valence-electron chi connectivity index (χ0n) is 10.4. The van der Waals surface area contributed by atoms with Crippen LogP contribution < -0.4 is 0 Å². The molecule has 2 rings (SSSR count). The molecule has 0 heterocycles. The van der Waals surface area contributed by atoms with E-state index in [1.165, 1.54) is 0 Å². The minimum atomic E-state index is -1.32. The third-order valence-corrected chi connectivity index (χ3v) is 4.25. The van der Waals surface area contributed by atoms with Gasteiger partial charge in [0.05, 0.1) is 16.6 Å². The zero-order chi connectivity index (χ0) is 13.8. The van der Waals surface area contributed by atoms with Gasteiger partial charge in [0.2, 0.25) is 0 Å². The highest BCUT2D eigenvalue weighted by Gasteiger charge is 2.12. The third kappa shape index (κ3) is 3.75.